The first-order valence-corrected chi connectivity index (χ1v) is 10.0. The highest BCUT2D eigenvalue weighted by Crippen LogP contribution is 2.09. The van der Waals surface area contributed by atoms with Gasteiger partial charge in [-0.3, -0.25) is 4.79 Å². The Balaban J connectivity index is 1.26. The zero-order chi connectivity index (χ0) is 20.9. The van der Waals surface area contributed by atoms with Crippen LogP contribution in [0.15, 0.2) is 84.9 Å². The first kappa shape index (κ1) is 21.6. The van der Waals surface area contributed by atoms with Gasteiger partial charge in [-0.25, -0.2) is 0 Å². The molecule has 1 amide bonds. The van der Waals surface area contributed by atoms with Crippen molar-refractivity contribution in [3.05, 3.63) is 102 Å². The molecule has 0 aromatic heterocycles. The number of nitrogens with one attached hydrogen (secondary N) is 1. The molecule has 3 aromatic rings. The van der Waals surface area contributed by atoms with Gasteiger partial charge in [0.25, 0.3) is 0 Å². The minimum atomic E-state index is -0.148. The molecular formula is C25H27NO4. The van der Waals surface area contributed by atoms with E-state index in [1.54, 1.807) is 0 Å². The number of carbonyl (C=O) groups is 1. The van der Waals surface area contributed by atoms with Gasteiger partial charge < -0.3 is 19.5 Å². The number of para-hydroxylation sites is 1. The summed E-state index contributed by atoms with van der Waals surface area (Å²) in [6, 6.07) is 27.6. The summed E-state index contributed by atoms with van der Waals surface area (Å²) in [5, 5.41) is 2.86. The quantitative estimate of drug-likeness (QED) is 0.461. The van der Waals surface area contributed by atoms with Gasteiger partial charge in [-0.2, -0.15) is 0 Å². The summed E-state index contributed by atoms with van der Waals surface area (Å²) < 4.78 is 16.6. The summed E-state index contributed by atoms with van der Waals surface area (Å²) in [4.78, 5) is 11.9. The lowest BCUT2D eigenvalue weighted by Crippen LogP contribution is -2.27. The van der Waals surface area contributed by atoms with Crippen LogP contribution < -0.4 is 10.1 Å². The average Bonchev–Trinajstić information content (AvgIpc) is 2.80. The summed E-state index contributed by atoms with van der Waals surface area (Å²) in [5.74, 6) is 0.643. The van der Waals surface area contributed by atoms with Gasteiger partial charge in [-0.05, 0) is 28.8 Å². The largest absolute Gasteiger partial charge is 0.491 e. The smallest absolute Gasteiger partial charge is 0.246 e. The van der Waals surface area contributed by atoms with Crippen molar-refractivity contribution in [2.24, 2.45) is 0 Å². The van der Waals surface area contributed by atoms with Crippen molar-refractivity contribution in [2.45, 2.75) is 19.8 Å². The van der Waals surface area contributed by atoms with E-state index in [-0.39, 0.29) is 12.5 Å². The Kier molecular flexibility index (Phi) is 8.92. The van der Waals surface area contributed by atoms with Crippen LogP contribution in [0.5, 0.6) is 5.75 Å². The molecule has 0 spiro atoms. The van der Waals surface area contributed by atoms with Crippen LogP contribution >= 0.6 is 0 Å². The molecule has 156 valence electrons. The van der Waals surface area contributed by atoms with Gasteiger partial charge in [-0.1, -0.05) is 72.8 Å². The summed E-state index contributed by atoms with van der Waals surface area (Å²) in [6.45, 7) is 2.40. The lowest BCUT2D eigenvalue weighted by atomic mass is 10.1. The standard InChI is InChI=1S/C25H27NO4/c27-25(20-28-15-16-30-24-9-5-2-6-10-24)26-17-21-11-13-23(14-12-21)19-29-18-22-7-3-1-4-8-22/h1-14H,15-20H2,(H,26,27). The lowest BCUT2D eigenvalue weighted by Gasteiger charge is -2.09. The van der Waals surface area contributed by atoms with E-state index in [4.69, 9.17) is 14.2 Å². The molecule has 0 aliphatic rings. The highest BCUT2D eigenvalue weighted by molar-refractivity contribution is 5.77. The number of benzene rings is 3. The topological polar surface area (TPSA) is 56.8 Å². The summed E-state index contributed by atoms with van der Waals surface area (Å²) in [6.07, 6.45) is 0. The maximum Gasteiger partial charge on any atom is 0.246 e. The fraction of sp³-hybridized carbons (Fsp3) is 0.240. The van der Waals surface area contributed by atoms with Crippen molar-refractivity contribution in [3.63, 3.8) is 0 Å². The number of carbonyl (C=O) groups excluding carboxylic acids is 1. The van der Waals surface area contributed by atoms with E-state index in [1.807, 2.05) is 84.9 Å². The Morgan fingerprint density at radius 1 is 0.667 bits per heavy atom. The van der Waals surface area contributed by atoms with Gasteiger partial charge in [0.05, 0.1) is 19.8 Å². The molecule has 0 atom stereocenters. The molecule has 0 aliphatic carbocycles. The van der Waals surface area contributed by atoms with Gasteiger partial charge in [0.2, 0.25) is 5.91 Å². The lowest BCUT2D eigenvalue weighted by molar-refractivity contribution is -0.126. The molecule has 5 nitrogen and oxygen atoms in total. The maximum absolute atomic E-state index is 11.9. The predicted octanol–water partition coefficient (Wildman–Crippen LogP) is 4.12. The third-order valence-corrected chi connectivity index (χ3v) is 4.37. The summed E-state index contributed by atoms with van der Waals surface area (Å²) >= 11 is 0. The van der Waals surface area contributed by atoms with Gasteiger partial charge in [0.15, 0.2) is 0 Å². The highest BCUT2D eigenvalue weighted by atomic mass is 16.5. The molecule has 0 fully saturated rings. The zero-order valence-corrected chi connectivity index (χ0v) is 17.0. The summed E-state index contributed by atoms with van der Waals surface area (Å²) in [5.41, 5.74) is 3.29. The molecule has 0 saturated carbocycles. The van der Waals surface area contributed by atoms with E-state index in [1.165, 1.54) is 0 Å². The van der Waals surface area contributed by atoms with Crippen molar-refractivity contribution in [3.8, 4) is 5.75 Å². The third-order valence-electron chi connectivity index (χ3n) is 4.37. The number of rotatable bonds is 12. The Bertz CT molecular complexity index is 867. The predicted molar refractivity (Wildman–Crippen MR) is 116 cm³/mol. The molecule has 0 heterocycles. The fourth-order valence-electron chi connectivity index (χ4n) is 2.77. The molecule has 0 bridgehead atoms. The Hall–Kier alpha value is -3.15. The van der Waals surface area contributed by atoms with Gasteiger partial charge >= 0.3 is 0 Å². The molecule has 0 aliphatic heterocycles. The minimum Gasteiger partial charge on any atom is -0.491 e. The Morgan fingerprint density at radius 2 is 1.27 bits per heavy atom. The molecular weight excluding hydrogens is 378 g/mol. The fourth-order valence-corrected chi connectivity index (χ4v) is 2.77. The van der Waals surface area contributed by atoms with E-state index >= 15 is 0 Å². The van der Waals surface area contributed by atoms with Crippen LogP contribution in [0, 0.1) is 0 Å². The van der Waals surface area contributed by atoms with Crippen molar-refractivity contribution < 1.29 is 19.0 Å². The molecule has 5 heteroatoms. The monoisotopic (exact) mass is 405 g/mol. The van der Waals surface area contributed by atoms with Crippen LogP contribution in [-0.2, 0) is 34.0 Å². The first-order valence-electron chi connectivity index (χ1n) is 10.0. The second-order valence-corrected chi connectivity index (χ2v) is 6.79. The van der Waals surface area contributed by atoms with E-state index < -0.39 is 0 Å². The second kappa shape index (κ2) is 12.4. The van der Waals surface area contributed by atoms with Crippen LogP contribution in [0.2, 0.25) is 0 Å². The normalized spacial score (nSPS) is 10.5. The zero-order valence-electron chi connectivity index (χ0n) is 17.0. The molecule has 30 heavy (non-hydrogen) atoms. The molecule has 0 unspecified atom stereocenters. The van der Waals surface area contributed by atoms with Crippen LogP contribution in [0.25, 0.3) is 0 Å². The second-order valence-electron chi connectivity index (χ2n) is 6.79. The van der Waals surface area contributed by atoms with Crippen molar-refractivity contribution in [2.75, 3.05) is 19.8 Å². The van der Waals surface area contributed by atoms with Crippen molar-refractivity contribution >= 4 is 5.91 Å². The van der Waals surface area contributed by atoms with E-state index in [9.17, 15) is 4.79 Å². The molecule has 3 rings (SSSR count). The number of ether oxygens (including phenoxy) is 3. The van der Waals surface area contributed by atoms with Gasteiger partial charge in [0, 0.05) is 6.54 Å². The number of amides is 1. The Labute approximate surface area is 177 Å². The molecule has 0 radical (unpaired) electrons. The van der Waals surface area contributed by atoms with Crippen LogP contribution in [0.3, 0.4) is 0 Å². The van der Waals surface area contributed by atoms with Crippen molar-refractivity contribution in [1.82, 2.24) is 5.32 Å². The van der Waals surface area contributed by atoms with Crippen LogP contribution in [0.4, 0.5) is 0 Å². The first-order chi connectivity index (χ1) is 14.8. The minimum absolute atomic E-state index is 0.0174. The van der Waals surface area contributed by atoms with Gasteiger partial charge in [-0.15, -0.1) is 0 Å². The highest BCUT2D eigenvalue weighted by Gasteiger charge is 2.03. The van der Waals surface area contributed by atoms with E-state index in [0.717, 1.165) is 22.4 Å². The van der Waals surface area contributed by atoms with Gasteiger partial charge in [0.1, 0.15) is 19.0 Å². The van der Waals surface area contributed by atoms with E-state index in [0.29, 0.717) is 33.0 Å². The Morgan fingerprint density at radius 3 is 1.97 bits per heavy atom. The number of hydrogen-bond acceptors (Lipinski definition) is 4. The van der Waals surface area contributed by atoms with Crippen LogP contribution in [-0.4, -0.2) is 25.7 Å². The molecule has 0 saturated heterocycles. The SMILES string of the molecule is O=C(COCCOc1ccccc1)NCc1ccc(COCc2ccccc2)cc1. The van der Waals surface area contributed by atoms with Crippen molar-refractivity contribution in [1.29, 1.82) is 0 Å². The van der Waals surface area contributed by atoms with Crippen LogP contribution in [0.1, 0.15) is 16.7 Å². The third kappa shape index (κ3) is 8.07. The summed E-state index contributed by atoms with van der Waals surface area (Å²) in [7, 11) is 0. The molecule has 1 N–H and O–H groups in total. The average molecular weight is 405 g/mol. The number of hydrogen-bond donors (Lipinski definition) is 1. The van der Waals surface area contributed by atoms with E-state index in [2.05, 4.69) is 5.32 Å². The maximum atomic E-state index is 11.9. The molecule has 3 aromatic carbocycles.